The zero-order valence-electron chi connectivity index (χ0n) is 16.0. The number of fused-ring (bicyclic) bond motifs is 1. The van der Waals surface area contributed by atoms with Crippen molar-refractivity contribution in [1.82, 2.24) is 9.29 Å². The molecule has 29 heavy (non-hydrogen) atoms. The molecule has 1 atom stereocenters. The van der Waals surface area contributed by atoms with Crippen molar-refractivity contribution in [2.75, 3.05) is 19.3 Å². The molecule has 152 valence electrons. The van der Waals surface area contributed by atoms with Crippen LogP contribution in [0.1, 0.15) is 24.5 Å². The number of hydrogen-bond donors (Lipinski definition) is 0. The van der Waals surface area contributed by atoms with Crippen molar-refractivity contribution in [3.63, 3.8) is 0 Å². The van der Waals surface area contributed by atoms with Crippen molar-refractivity contribution in [2.24, 2.45) is 0 Å². The van der Waals surface area contributed by atoms with Gasteiger partial charge in [-0.05, 0) is 47.9 Å². The quantitative estimate of drug-likeness (QED) is 0.635. The second-order valence-corrected chi connectivity index (χ2v) is 11.3. The van der Waals surface area contributed by atoms with Gasteiger partial charge < -0.3 is 0 Å². The fraction of sp³-hybridized carbons (Fsp3) is 0.286. The van der Waals surface area contributed by atoms with Crippen LogP contribution in [0.4, 0.5) is 0 Å². The largest absolute Gasteiger partial charge is 0.260 e. The summed E-state index contributed by atoms with van der Waals surface area (Å²) in [6.07, 6.45) is 4.06. The number of sulfonamides is 1. The first-order valence-corrected chi connectivity index (χ1v) is 12.7. The molecule has 2 aromatic carbocycles. The number of aromatic nitrogens is 1. The molecular weight excluding hydrogens is 408 g/mol. The van der Waals surface area contributed by atoms with Gasteiger partial charge in [-0.1, -0.05) is 30.3 Å². The molecule has 6 nitrogen and oxygen atoms in total. The summed E-state index contributed by atoms with van der Waals surface area (Å²) in [6.45, 7) is 0.626. The summed E-state index contributed by atoms with van der Waals surface area (Å²) in [6, 6.07) is 15.9. The second kappa shape index (κ2) is 7.51. The third kappa shape index (κ3) is 3.92. The first-order valence-electron chi connectivity index (χ1n) is 9.41. The highest BCUT2D eigenvalue weighted by Gasteiger charge is 2.33. The van der Waals surface area contributed by atoms with E-state index in [1.54, 1.807) is 24.4 Å². The predicted molar refractivity (Wildman–Crippen MR) is 112 cm³/mol. The van der Waals surface area contributed by atoms with E-state index in [0.29, 0.717) is 25.1 Å². The summed E-state index contributed by atoms with van der Waals surface area (Å²) in [5.41, 5.74) is 0.452. The van der Waals surface area contributed by atoms with Gasteiger partial charge in [-0.2, -0.15) is 4.31 Å². The minimum atomic E-state index is -3.69. The lowest BCUT2D eigenvalue weighted by Gasteiger charge is -2.32. The Balaban J connectivity index is 1.68. The molecule has 0 amide bonds. The Kier molecular flexibility index (Phi) is 5.18. The molecule has 0 spiro atoms. The first kappa shape index (κ1) is 20.0. The smallest absolute Gasteiger partial charge is 0.243 e. The topological polar surface area (TPSA) is 84.4 Å². The van der Waals surface area contributed by atoms with Crippen LogP contribution in [0, 0.1) is 0 Å². The van der Waals surface area contributed by atoms with Gasteiger partial charge >= 0.3 is 0 Å². The standard InChI is InChI=1S/C21H22N2O4S2/c1-28(24,25)20-9-4-12-22-21(20)18-8-5-13-23(15-18)29(26,27)19-11-10-16-6-2-3-7-17(16)14-19/h2-4,6-7,9-12,14,18H,5,8,13,15H2,1H3/t18-/m0/s1. The lowest BCUT2D eigenvalue weighted by atomic mass is 9.95. The van der Waals surface area contributed by atoms with Gasteiger partial charge in [0.25, 0.3) is 0 Å². The summed E-state index contributed by atoms with van der Waals surface area (Å²) in [5, 5.41) is 1.85. The number of hydrogen-bond acceptors (Lipinski definition) is 5. The van der Waals surface area contributed by atoms with Crippen LogP contribution < -0.4 is 0 Å². The van der Waals surface area contributed by atoms with E-state index in [1.165, 1.54) is 10.4 Å². The van der Waals surface area contributed by atoms with E-state index in [-0.39, 0.29) is 22.3 Å². The van der Waals surface area contributed by atoms with E-state index < -0.39 is 19.9 Å². The highest BCUT2D eigenvalue weighted by molar-refractivity contribution is 7.90. The summed E-state index contributed by atoms with van der Waals surface area (Å²) in [4.78, 5) is 4.73. The van der Waals surface area contributed by atoms with Crippen LogP contribution in [0.3, 0.4) is 0 Å². The second-order valence-electron chi connectivity index (χ2n) is 7.37. The lowest BCUT2D eigenvalue weighted by Crippen LogP contribution is -2.39. The van der Waals surface area contributed by atoms with Crippen LogP contribution in [-0.2, 0) is 19.9 Å². The normalized spacial score (nSPS) is 18.7. The Bertz CT molecular complexity index is 1270. The summed E-state index contributed by atoms with van der Waals surface area (Å²) in [7, 11) is -7.13. The number of pyridine rings is 1. The predicted octanol–water partition coefficient (Wildman–Crippen LogP) is 3.21. The summed E-state index contributed by atoms with van der Waals surface area (Å²) in [5.74, 6) is -0.259. The molecule has 1 saturated heterocycles. The molecule has 0 saturated carbocycles. The lowest BCUT2D eigenvalue weighted by molar-refractivity contribution is 0.310. The van der Waals surface area contributed by atoms with Gasteiger partial charge in [0.1, 0.15) is 0 Å². The fourth-order valence-corrected chi connectivity index (χ4v) is 6.37. The molecule has 0 bridgehead atoms. The van der Waals surface area contributed by atoms with Crippen LogP contribution in [0.5, 0.6) is 0 Å². The van der Waals surface area contributed by atoms with E-state index in [1.807, 2.05) is 30.3 Å². The SMILES string of the molecule is CS(=O)(=O)c1cccnc1[C@H]1CCCN(S(=O)(=O)c2ccc3ccccc3c2)C1. The number of sulfone groups is 1. The van der Waals surface area contributed by atoms with Crippen molar-refractivity contribution in [1.29, 1.82) is 0 Å². The number of rotatable bonds is 4. The average molecular weight is 431 g/mol. The molecule has 1 aliphatic heterocycles. The van der Waals surface area contributed by atoms with Gasteiger partial charge in [0.2, 0.25) is 10.0 Å². The van der Waals surface area contributed by atoms with Gasteiger partial charge in [-0.3, -0.25) is 4.98 Å². The van der Waals surface area contributed by atoms with E-state index >= 15 is 0 Å². The maximum atomic E-state index is 13.3. The monoisotopic (exact) mass is 430 g/mol. The van der Waals surface area contributed by atoms with Crippen molar-refractivity contribution < 1.29 is 16.8 Å². The van der Waals surface area contributed by atoms with Crippen molar-refractivity contribution in [3.05, 3.63) is 66.5 Å². The number of nitrogens with zero attached hydrogens (tertiary/aromatic N) is 2. The third-order valence-corrected chi connectivity index (χ3v) is 8.33. The maximum absolute atomic E-state index is 13.3. The Hall–Kier alpha value is -2.29. The average Bonchev–Trinajstić information content (AvgIpc) is 2.73. The Morgan fingerprint density at radius 3 is 2.48 bits per heavy atom. The summed E-state index contributed by atoms with van der Waals surface area (Å²) < 4.78 is 52.3. The Morgan fingerprint density at radius 2 is 1.72 bits per heavy atom. The number of benzene rings is 2. The van der Waals surface area contributed by atoms with Crippen molar-refractivity contribution in [2.45, 2.75) is 28.6 Å². The molecule has 0 N–H and O–H groups in total. The molecule has 1 aliphatic rings. The zero-order valence-corrected chi connectivity index (χ0v) is 17.7. The molecule has 1 fully saturated rings. The molecule has 0 radical (unpaired) electrons. The van der Waals surface area contributed by atoms with Gasteiger partial charge in [-0.15, -0.1) is 0 Å². The van der Waals surface area contributed by atoms with Crippen LogP contribution in [-0.4, -0.2) is 45.5 Å². The van der Waals surface area contributed by atoms with E-state index in [2.05, 4.69) is 4.98 Å². The molecule has 0 unspecified atom stereocenters. The van der Waals surface area contributed by atoms with Crippen LogP contribution in [0.2, 0.25) is 0 Å². The van der Waals surface area contributed by atoms with E-state index in [0.717, 1.165) is 17.0 Å². The molecule has 4 rings (SSSR count). The van der Waals surface area contributed by atoms with Gasteiger partial charge in [-0.25, -0.2) is 16.8 Å². The van der Waals surface area contributed by atoms with Crippen molar-refractivity contribution >= 4 is 30.6 Å². The molecular formula is C21H22N2O4S2. The Labute approximate surface area is 171 Å². The maximum Gasteiger partial charge on any atom is 0.243 e. The van der Waals surface area contributed by atoms with E-state index in [4.69, 9.17) is 0 Å². The van der Waals surface area contributed by atoms with Crippen molar-refractivity contribution in [3.8, 4) is 0 Å². The zero-order chi connectivity index (χ0) is 20.6. The molecule has 0 aliphatic carbocycles. The fourth-order valence-electron chi connectivity index (χ4n) is 3.88. The highest BCUT2D eigenvalue weighted by Crippen LogP contribution is 2.33. The summed E-state index contributed by atoms with van der Waals surface area (Å²) >= 11 is 0. The van der Waals surface area contributed by atoms with Crippen LogP contribution >= 0.6 is 0 Å². The minimum absolute atomic E-state index is 0.176. The minimum Gasteiger partial charge on any atom is -0.260 e. The molecule has 8 heteroatoms. The van der Waals surface area contributed by atoms with E-state index in [9.17, 15) is 16.8 Å². The highest BCUT2D eigenvalue weighted by atomic mass is 32.2. The van der Waals surface area contributed by atoms with Gasteiger partial charge in [0, 0.05) is 31.5 Å². The first-order chi connectivity index (χ1) is 13.8. The Morgan fingerprint density at radius 1 is 0.966 bits per heavy atom. The third-order valence-electron chi connectivity index (χ3n) is 5.33. The molecule has 3 aromatic rings. The van der Waals surface area contributed by atoms with Crippen LogP contribution in [0.15, 0.2) is 70.6 Å². The van der Waals surface area contributed by atoms with Gasteiger partial charge in [0.15, 0.2) is 9.84 Å². The molecule has 1 aromatic heterocycles. The van der Waals surface area contributed by atoms with Crippen LogP contribution in [0.25, 0.3) is 10.8 Å². The van der Waals surface area contributed by atoms with Gasteiger partial charge in [0.05, 0.1) is 15.5 Å². The molecule has 2 heterocycles. The number of piperidine rings is 1.